The molecule has 2 heterocycles. The Morgan fingerprint density at radius 3 is 3.08 bits per heavy atom. The van der Waals surface area contributed by atoms with Crippen LogP contribution in [0.1, 0.15) is 18.7 Å². The van der Waals surface area contributed by atoms with Crippen molar-refractivity contribution in [1.82, 2.24) is 15.5 Å². The van der Waals surface area contributed by atoms with Crippen molar-refractivity contribution >= 4 is 11.8 Å². The average Bonchev–Trinajstić information content (AvgIpc) is 2.53. The van der Waals surface area contributed by atoms with E-state index in [0.29, 0.717) is 16.4 Å². The second-order valence-electron chi connectivity index (χ2n) is 3.17. The standard InChI is InChI=1S/C8H13N3OS/c1-6-10-11-8(12-6)13-7-3-2-4-9-5-7/h7,9H,2-5H2,1H3. The first-order valence-corrected chi connectivity index (χ1v) is 5.40. The molecule has 1 aromatic rings. The largest absolute Gasteiger partial charge is 0.416 e. The molecule has 1 aliphatic rings. The van der Waals surface area contributed by atoms with Gasteiger partial charge in [0.1, 0.15) is 0 Å². The molecule has 1 saturated heterocycles. The van der Waals surface area contributed by atoms with Crippen LogP contribution in [0.25, 0.3) is 0 Å². The number of nitrogens with zero attached hydrogens (tertiary/aromatic N) is 2. The predicted octanol–water partition coefficient (Wildman–Crippen LogP) is 1.22. The second-order valence-corrected chi connectivity index (χ2v) is 4.42. The first kappa shape index (κ1) is 9.02. The fourth-order valence-corrected chi connectivity index (χ4v) is 2.42. The Morgan fingerprint density at radius 2 is 2.46 bits per heavy atom. The number of nitrogens with one attached hydrogen (secondary N) is 1. The van der Waals surface area contributed by atoms with Crippen molar-refractivity contribution in [2.45, 2.75) is 30.2 Å². The van der Waals surface area contributed by atoms with Gasteiger partial charge in [-0.1, -0.05) is 11.8 Å². The molecule has 1 fully saturated rings. The lowest BCUT2D eigenvalue weighted by Crippen LogP contribution is -2.31. The third-order valence-corrected chi connectivity index (χ3v) is 3.13. The van der Waals surface area contributed by atoms with E-state index in [9.17, 15) is 0 Å². The Balaban J connectivity index is 1.89. The highest BCUT2D eigenvalue weighted by molar-refractivity contribution is 7.99. The van der Waals surface area contributed by atoms with Crippen molar-refractivity contribution in [1.29, 1.82) is 0 Å². The average molecular weight is 199 g/mol. The molecule has 72 valence electrons. The molecule has 1 N–H and O–H groups in total. The van der Waals surface area contributed by atoms with Crippen LogP contribution in [0.15, 0.2) is 9.64 Å². The van der Waals surface area contributed by atoms with E-state index < -0.39 is 0 Å². The summed E-state index contributed by atoms with van der Waals surface area (Å²) in [6.45, 7) is 4.00. The summed E-state index contributed by atoms with van der Waals surface area (Å²) in [5, 5.41) is 12.4. The summed E-state index contributed by atoms with van der Waals surface area (Å²) in [6.07, 6.45) is 2.48. The van der Waals surface area contributed by atoms with Crippen LogP contribution in [0.2, 0.25) is 0 Å². The molecule has 0 aliphatic carbocycles. The minimum Gasteiger partial charge on any atom is -0.416 e. The van der Waals surface area contributed by atoms with E-state index in [0.717, 1.165) is 13.1 Å². The molecule has 5 heteroatoms. The second kappa shape index (κ2) is 4.11. The maximum Gasteiger partial charge on any atom is 0.276 e. The Kier molecular flexibility index (Phi) is 2.85. The Bertz CT molecular complexity index is 270. The maximum atomic E-state index is 5.30. The van der Waals surface area contributed by atoms with E-state index in [1.165, 1.54) is 12.8 Å². The molecule has 0 spiro atoms. The number of piperidine rings is 1. The number of hydrogen-bond donors (Lipinski definition) is 1. The van der Waals surface area contributed by atoms with Crippen molar-refractivity contribution in [3.05, 3.63) is 5.89 Å². The van der Waals surface area contributed by atoms with Gasteiger partial charge in [-0.15, -0.1) is 10.2 Å². The SMILES string of the molecule is Cc1nnc(SC2CCCNC2)o1. The maximum absolute atomic E-state index is 5.30. The highest BCUT2D eigenvalue weighted by Gasteiger charge is 2.16. The van der Waals surface area contributed by atoms with E-state index in [1.54, 1.807) is 11.8 Å². The lowest BCUT2D eigenvalue weighted by atomic mass is 10.2. The van der Waals surface area contributed by atoms with E-state index >= 15 is 0 Å². The molecule has 13 heavy (non-hydrogen) atoms. The zero-order chi connectivity index (χ0) is 9.10. The topological polar surface area (TPSA) is 51.0 Å². The van der Waals surface area contributed by atoms with E-state index in [-0.39, 0.29) is 0 Å². The summed E-state index contributed by atoms with van der Waals surface area (Å²) >= 11 is 1.68. The molecule has 0 radical (unpaired) electrons. The minimum atomic E-state index is 0.591. The van der Waals surface area contributed by atoms with E-state index in [2.05, 4.69) is 15.5 Å². The predicted molar refractivity (Wildman–Crippen MR) is 50.8 cm³/mol. The van der Waals surface area contributed by atoms with Gasteiger partial charge in [0.2, 0.25) is 5.89 Å². The third kappa shape index (κ3) is 2.45. The van der Waals surface area contributed by atoms with Gasteiger partial charge in [0.25, 0.3) is 5.22 Å². The number of thioether (sulfide) groups is 1. The van der Waals surface area contributed by atoms with Gasteiger partial charge in [0.05, 0.1) is 0 Å². The van der Waals surface area contributed by atoms with Gasteiger partial charge in [0.15, 0.2) is 0 Å². The summed E-state index contributed by atoms with van der Waals surface area (Å²) < 4.78 is 5.30. The van der Waals surface area contributed by atoms with Crippen molar-refractivity contribution in [3.8, 4) is 0 Å². The van der Waals surface area contributed by atoms with Crippen LogP contribution < -0.4 is 5.32 Å². The molecule has 1 atom stereocenters. The zero-order valence-corrected chi connectivity index (χ0v) is 8.43. The molecule has 1 unspecified atom stereocenters. The van der Waals surface area contributed by atoms with Gasteiger partial charge < -0.3 is 9.73 Å². The van der Waals surface area contributed by atoms with Crippen LogP contribution in [0, 0.1) is 6.92 Å². The van der Waals surface area contributed by atoms with Gasteiger partial charge in [-0.2, -0.15) is 0 Å². The van der Waals surface area contributed by atoms with Crippen molar-refractivity contribution in [2.75, 3.05) is 13.1 Å². The van der Waals surface area contributed by atoms with Crippen LogP contribution in [0.4, 0.5) is 0 Å². The molecule has 0 bridgehead atoms. The summed E-state index contributed by atoms with van der Waals surface area (Å²) in [5.74, 6) is 0.645. The van der Waals surface area contributed by atoms with Crippen LogP contribution in [-0.4, -0.2) is 28.5 Å². The monoisotopic (exact) mass is 199 g/mol. The van der Waals surface area contributed by atoms with Crippen LogP contribution in [0.5, 0.6) is 0 Å². The van der Waals surface area contributed by atoms with Crippen LogP contribution in [0.3, 0.4) is 0 Å². The number of aromatic nitrogens is 2. The Hall–Kier alpha value is -0.550. The number of rotatable bonds is 2. The number of aryl methyl sites for hydroxylation is 1. The molecule has 0 saturated carbocycles. The molecule has 0 aromatic carbocycles. The highest BCUT2D eigenvalue weighted by Crippen LogP contribution is 2.25. The lowest BCUT2D eigenvalue weighted by Gasteiger charge is -2.20. The summed E-state index contributed by atoms with van der Waals surface area (Å²) in [5.41, 5.74) is 0. The van der Waals surface area contributed by atoms with Gasteiger partial charge in [-0.3, -0.25) is 0 Å². The molecular weight excluding hydrogens is 186 g/mol. The first-order chi connectivity index (χ1) is 6.34. The quantitative estimate of drug-likeness (QED) is 0.776. The molecular formula is C8H13N3OS. The fourth-order valence-electron chi connectivity index (χ4n) is 1.39. The third-order valence-electron chi connectivity index (χ3n) is 2.03. The van der Waals surface area contributed by atoms with Crippen LogP contribution in [-0.2, 0) is 0 Å². The highest BCUT2D eigenvalue weighted by atomic mass is 32.2. The van der Waals surface area contributed by atoms with Gasteiger partial charge >= 0.3 is 0 Å². The molecule has 2 rings (SSSR count). The van der Waals surface area contributed by atoms with Gasteiger partial charge in [-0.05, 0) is 19.4 Å². The first-order valence-electron chi connectivity index (χ1n) is 4.52. The molecule has 1 aromatic heterocycles. The van der Waals surface area contributed by atoms with Crippen molar-refractivity contribution < 1.29 is 4.42 Å². The number of hydrogen-bond acceptors (Lipinski definition) is 5. The zero-order valence-electron chi connectivity index (χ0n) is 7.62. The molecule has 1 aliphatic heterocycles. The smallest absolute Gasteiger partial charge is 0.276 e. The van der Waals surface area contributed by atoms with E-state index in [4.69, 9.17) is 4.42 Å². The Labute approximate surface area is 81.5 Å². The van der Waals surface area contributed by atoms with Crippen molar-refractivity contribution in [3.63, 3.8) is 0 Å². The minimum absolute atomic E-state index is 0.591. The Morgan fingerprint density at radius 1 is 1.54 bits per heavy atom. The normalized spacial score (nSPS) is 23.3. The summed E-state index contributed by atoms with van der Waals surface area (Å²) in [6, 6.07) is 0. The van der Waals surface area contributed by atoms with Gasteiger partial charge in [-0.25, -0.2) is 0 Å². The van der Waals surface area contributed by atoms with Gasteiger partial charge in [0, 0.05) is 18.7 Å². The summed E-state index contributed by atoms with van der Waals surface area (Å²) in [7, 11) is 0. The lowest BCUT2D eigenvalue weighted by molar-refractivity contribution is 0.426. The molecule has 4 nitrogen and oxygen atoms in total. The molecule has 0 amide bonds. The summed E-state index contributed by atoms with van der Waals surface area (Å²) in [4.78, 5) is 0. The van der Waals surface area contributed by atoms with E-state index in [1.807, 2.05) is 6.92 Å². The fraction of sp³-hybridized carbons (Fsp3) is 0.750. The van der Waals surface area contributed by atoms with Crippen LogP contribution >= 0.6 is 11.8 Å². The van der Waals surface area contributed by atoms with Crippen molar-refractivity contribution in [2.24, 2.45) is 0 Å².